The zero-order valence-corrected chi connectivity index (χ0v) is 24.6. The van der Waals surface area contributed by atoms with E-state index in [-0.39, 0.29) is 40.5 Å². The highest BCUT2D eigenvalue weighted by Crippen LogP contribution is 2.58. The number of hydrogen-bond donors (Lipinski definition) is 0. The second-order valence-electron chi connectivity index (χ2n) is 12.2. The number of carbonyl (C=O) groups is 1. The Labute approximate surface area is 274 Å². The van der Waals surface area contributed by atoms with Crippen molar-refractivity contribution in [2.24, 2.45) is 0 Å². The molecular weight excluding hydrogens is 712 g/mol. The number of nitrogens with zero attached hydrogens (tertiary/aromatic N) is 4. The summed E-state index contributed by atoms with van der Waals surface area (Å²) in [6.07, 6.45) is -22.3. The minimum absolute atomic E-state index is 0.00653. The molecule has 0 saturated carbocycles. The second-order valence-corrected chi connectivity index (χ2v) is 12.2. The lowest BCUT2D eigenvalue weighted by Gasteiger charge is -2.17. The summed E-state index contributed by atoms with van der Waals surface area (Å²) in [5.41, 5.74) is -7.81. The van der Waals surface area contributed by atoms with E-state index in [1.807, 2.05) is 0 Å². The van der Waals surface area contributed by atoms with E-state index >= 15 is 0 Å². The van der Waals surface area contributed by atoms with Crippen LogP contribution in [0.4, 0.5) is 52.7 Å². The minimum atomic E-state index is -5.22. The zero-order valence-electron chi connectivity index (χ0n) is 24.6. The Balaban J connectivity index is 1.18. The van der Waals surface area contributed by atoms with Gasteiger partial charge in [0.25, 0.3) is 5.91 Å². The van der Waals surface area contributed by atoms with Gasteiger partial charge in [-0.3, -0.25) is 13.9 Å². The van der Waals surface area contributed by atoms with Crippen LogP contribution in [-0.4, -0.2) is 25.0 Å². The molecule has 1 fully saturated rings. The van der Waals surface area contributed by atoms with Gasteiger partial charge >= 0.3 is 24.7 Å². The third kappa shape index (κ3) is 4.47. The highest BCUT2D eigenvalue weighted by Gasteiger charge is 2.51. The number of fused-ring (bicyclic) bond motifs is 13. The van der Waals surface area contributed by atoms with Crippen molar-refractivity contribution in [3.63, 3.8) is 0 Å². The minimum Gasteiger partial charge on any atom is -0.342 e. The van der Waals surface area contributed by atoms with Crippen molar-refractivity contribution in [3.8, 4) is 33.9 Å². The van der Waals surface area contributed by atoms with Crippen LogP contribution < -0.4 is 0 Å². The SMILES string of the molecule is O=C1c2cc(-c3ccc4c(c3)-c3nc5c(C(F)(F)F)cc(C(F)(F)F)cc5n3C3OC43)ccc2-c2nc3c(C(F)(F)F)cc(C(F)(F)F)cc3n21. The molecule has 2 atom stereocenters. The van der Waals surface area contributed by atoms with E-state index in [1.165, 1.54) is 24.3 Å². The van der Waals surface area contributed by atoms with Crippen molar-refractivity contribution in [3.05, 3.63) is 94.0 Å². The maximum atomic E-state index is 14.0. The Morgan fingerprint density at radius 1 is 0.569 bits per heavy atom. The fourth-order valence-electron chi connectivity index (χ4n) is 6.89. The lowest BCUT2D eigenvalue weighted by molar-refractivity contribution is -0.143. The third-order valence-electron chi connectivity index (χ3n) is 9.17. The van der Waals surface area contributed by atoms with Gasteiger partial charge < -0.3 is 4.74 Å². The van der Waals surface area contributed by atoms with Gasteiger partial charge in [0.2, 0.25) is 0 Å². The second kappa shape index (κ2) is 9.48. The van der Waals surface area contributed by atoms with E-state index < -0.39 is 87.3 Å². The van der Waals surface area contributed by atoms with Gasteiger partial charge in [0.15, 0.2) is 6.23 Å². The number of benzene rings is 4. The summed E-state index contributed by atoms with van der Waals surface area (Å²) < 4.78 is 173. The summed E-state index contributed by atoms with van der Waals surface area (Å²) in [5.74, 6) is -1.36. The van der Waals surface area contributed by atoms with Gasteiger partial charge in [-0.2, -0.15) is 52.7 Å². The van der Waals surface area contributed by atoms with Crippen molar-refractivity contribution < 1.29 is 62.2 Å². The van der Waals surface area contributed by atoms with Crippen LogP contribution in [0.3, 0.4) is 0 Å². The van der Waals surface area contributed by atoms with E-state index in [4.69, 9.17) is 4.74 Å². The Kier molecular flexibility index (Phi) is 5.87. The Morgan fingerprint density at radius 3 is 1.69 bits per heavy atom. The van der Waals surface area contributed by atoms with E-state index in [9.17, 15) is 57.5 Å². The van der Waals surface area contributed by atoms with E-state index in [0.29, 0.717) is 33.4 Å². The summed E-state index contributed by atoms with van der Waals surface area (Å²) in [7, 11) is 0. The molecular formula is C33H12F12N4O2. The summed E-state index contributed by atoms with van der Waals surface area (Å²) in [4.78, 5) is 21.6. The first-order valence-electron chi connectivity index (χ1n) is 14.6. The van der Waals surface area contributed by atoms with Crippen LogP contribution in [0.15, 0.2) is 60.7 Å². The third-order valence-corrected chi connectivity index (χ3v) is 9.17. The van der Waals surface area contributed by atoms with Gasteiger partial charge in [-0.05, 0) is 59.2 Å². The predicted molar refractivity (Wildman–Crippen MR) is 152 cm³/mol. The normalized spacial score (nSPS) is 18.2. The molecule has 2 aromatic heterocycles. The quantitative estimate of drug-likeness (QED) is 0.125. The number of alkyl halides is 12. The van der Waals surface area contributed by atoms with Crippen LogP contribution in [0.1, 0.15) is 50.5 Å². The lowest BCUT2D eigenvalue weighted by atomic mass is 9.93. The number of halogens is 12. The molecule has 3 aliphatic rings. The fraction of sp³-hybridized carbons (Fsp3) is 0.182. The van der Waals surface area contributed by atoms with E-state index in [1.54, 1.807) is 12.1 Å². The average Bonchev–Trinajstić information content (AvgIpc) is 3.47. The average molecular weight is 724 g/mol. The maximum Gasteiger partial charge on any atom is 0.418 e. The summed E-state index contributed by atoms with van der Waals surface area (Å²) in [6, 6.07) is 9.68. The standard InChI is InChI=1S/C33H12F12N4O2/c34-30(35,36)13-7-19(32(40,41)42)23-21(9-13)48-26(46-23)16-4-2-12(6-18(16)28(48)50)11-1-3-15-17(5-11)27-47-24-20(33(43,44)45)8-14(31(37,38)39)10-22(24)49(27)29-25(15)51-29/h1-10,25,29H. The van der Waals surface area contributed by atoms with Crippen LogP contribution in [0.5, 0.6) is 0 Å². The number of aromatic nitrogens is 4. The molecule has 0 radical (unpaired) electrons. The van der Waals surface area contributed by atoms with Crippen molar-refractivity contribution in [1.29, 1.82) is 0 Å². The monoisotopic (exact) mass is 724 g/mol. The predicted octanol–water partition coefficient (Wildman–Crippen LogP) is 10.0. The van der Waals surface area contributed by atoms with Gasteiger partial charge in [0, 0.05) is 11.1 Å². The summed E-state index contributed by atoms with van der Waals surface area (Å²) in [5, 5.41) is 0. The van der Waals surface area contributed by atoms with Crippen LogP contribution in [0, 0.1) is 0 Å². The van der Waals surface area contributed by atoms with E-state index in [0.717, 1.165) is 4.57 Å². The van der Waals surface area contributed by atoms with Crippen molar-refractivity contribution in [2.45, 2.75) is 37.0 Å². The number of hydrogen-bond acceptors (Lipinski definition) is 4. The van der Waals surface area contributed by atoms with Gasteiger partial charge in [-0.1, -0.05) is 18.2 Å². The largest absolute Gasteiger partial charge is 0.418 e. The molecule has 3 aliphatic heterocycles. The van der Waals surface area contributed by atoms with E-state index in [2.05, 4.69) is 9.97 Å². The number of rotatable bonds is 1. The molecule has 0 N–H and O–H groups in total. The van der Waals surface area contributed by atoms with Gasteiger partial charge in [-0.15, -0.1) is 0 Å². The molecule has 0 amide bonds. The highest BCUT2D eigenvalue weighted by molar-refractivity contribution is 6.13. The Hall–Kier alpha value is -5.39. The summed E-state index contributed by atoms with van der Waals surface area (Å²) in [6.45, 7) is 0. The molecule has 4 aromatic carbocycles. The number of carbonyl (C=O) groups excluding carboxylic acids is 1. The Morgan fingerprint density at radius 2 is 1.10 bits per heavy atom. The lowest BCUT2D eigenvalue weighted by Crippen LogP contribution is -2.13. The molecule has 2 unspecified atom stereocenters. The first-order valence-corrected chi connectivity index (χ1v) is 14.6. The smallest absolute Gasteiger partial charge is 0.342 e. The molecule has 0 bridgehead atoms. The highest BCUT2D eigenvalue weighted by atomic mass is 19.4. The molecule has 9 rings (SSSR count). The topological polar surface area (TPSA) is 65.2 Å². The molecule has 6 aromatic rings. The van der Waals surface area contributed by atoms with Crippen LogP contribution in [-0.2, 0) is 29.4 Å². The van der Waals surface area contributed by atoms with Crippen molar-refractivity contribution in [2.75, 3.05) is 0 Å². The van der Waals surface area contributed by atoms with Gasteiger partial charge in [0.05, 0.1) is 38.9 Å². The molecule has 1 saturated heterocycles. The van der Waals surface area contributed by atoms with Crippen molar-refractivity contribution in [1.82, 2.24) is 19.1 Å². The first kappa shape index (κ1) is 31.6. The maximum absolute atomic E-state index is 14.0. The van der Waals surface area contributed by atoms with Crippen LogP contribution in [0.25, 0.3) is 56.0 Å². The summed E-state index contributed by atoms with van der Waals surface area (Å²) >= 11 is 0. The van der Waals surface area contributed by atoms with Gasteiger partial charge in [0.1, 0.15) is 28.8 Å². The fourth-order valence-corrected chi connectivity index (χ4v) is 6.89. The molecule has 5 heterocycles. The molecule has 51 heavy (non-hydrogen) atoms. The van der Waals surface area contributed by atoms with Gasteiger partial charge in [-0.25, -0.2) is 9.97 Å². The van der Waals surface area contributed by atoms with Crippen molar-refractivity contribution >= 4 is 28.0 Å². The zero-order chi connectivity index (χ0) is 36.3. The molecule has 18 heteroatoms. The molecule has 0 spiro atoms. The number of ether oxygens (including phenoxy) is 1. The van der Waals surface area contributed by atoms with Crippen LogP contribution >= 0.6 is 0 Å². The molecule has 6 nitrogen and oxygen atoms in total. The first-order chi connectivity index (χ1) is 23.7. The van der Waals surface area contributed by atoms with Crippen LogP contribution in [0.2, 0.25) is 0 Å². The molecule has 260 valence electrons. The number of imidazole rings is 2. The Bertz CT molecular complexity index is 2550. The number of epoxide rings is 1. The molecule has 0 aliphatic carbocycles.